The highest BCUT2D eigenvalue weighted by molar-refractivity contribution is 7.99. The molecule has 1 atom stereocenters. The Kier molecular flexibility index (Phi) is 14.2. The van der Waals surface area contributed by atoms with Gasteiger partial charge in [0.15, 0.2) is 0 Å². The van der Waals surface area contributed by atoms with Gasteiger partial charge in [0, 0.05) is 5.92 Å². The van der Waals surface area contributed by atoms with Gasteiger partial charge in [0.2, 0.25) is 0 Å². The summed E-state index contributed by atoms with van der Waals surface area (Å²) in [5.74, 6) is 1.19. The number of anilines is 1. The second-order valence-electron chi connectivity index (χ2n) is 7.53. The van der Waals surface area contributed by atoms with E-state index in [0.717, 1.165) is 33.0 Å². The molecule has 1 unspecified atom stereocenters. The molecule has 1 rings (SSSR count). The number of aromatic nitrogens is 2. The first-order valence-electron chi connectivity index (χ1n) is 10.8. The maximum Gasteiger partial charge on any atom is 0.128 e. The standard InChI is InChI=1S/C22H39N3S3/c1-6-7-8-9-10-11-12-13-14-15-16-17(2)20(26)25-19-21(27-4)23-18(3)24-22(19)28-5/h17H,6-16H2,1-5H3,(H,25,26). The van der Waals surface area contributed by atoms with Crippen LogP contribution in [-0.4, -0.2) is 27.5 Å². The third-order valence-electron chi connectivity index (χ3n) is 5.03. The Morgan fingerprint density at radius 1 is 0.893 bits per heavy atom. The Morgan fingerprint density at radius 3 is 1.82 bits per heavy atom. The molecular formula is C22H39N3S3. The fraction of sp³-hybridized carbons (Fsp3) is 0.773. The quantitative estimate of drug-likeness (QED) is 0.129. The van der Waals surface area contributed by atoms with Crippen molar-refractivity contribution in [3.63, 3.8) is 0 Å². The van der Waals surface area contributed by atoms with E-state index in [1.807, 2.05) is 19.4 Å². The topological polar surface area (TPSA) is 37.8 Å². The van der Waals surface area contributed by atoms with Crippen molar-refractivity contribution in [2.45, 2.75) is 101 Å². The van der Waals surface area contributed by atoms with E-state index in [1.165, 1.54) is 64.2 Å². The minimum atomic E-state index is 0.384. The molecule has 28 heavy (non-hydrogen) atoms. The van der Waals surface area contributed by atoms with Crippen molar-refractivity contribution in [3.8, 4) is 0 Å². The highest BCUT2D eigenvalue weighted by Gasteiger charge is 2.16. The van der Waals surface area contributed by atoms with Gasteiger partial charge in [-0.05, 0) is 25.9 Å². The number of nitrogens with zero attached hydrogens (tertiary/aromatic N) is 2. The van der Waals surface area contributed by atoms with Gasteiger partial charge in [-0.15, -0.1) is 23.5 Å². The number of rotatable bonds is 15. The van der Waals surface area contributed by atoms with Crippen molar-refractivity contribution >= 4 is 46.4 Å². The van der Waals surface area contributed by atoms with Crippen LogP contribution in [0.5, 0.6) is 0 Å². The summed E-state index contributed by atoms with van der Waals surface area (Å²) in [6.45, 7) is 6.45. The number of hydrogen-bond donors (Lipinski definition) is 1. The van der Waals surface area contributed by atoms with Gasteiger partial charge in [-0.3, -0.25) is 0 Å². The van der Waals surface area contributed by atoms with Crippen molar-refractivity contribution in [1.29, 1.82) is 0 Å². The van der Waals surface area contributed by atoms with E-state index < -0.39 is 0 Å². The van der Waals surface area contributed by atoms with Crippen molar-refractivity contribution < 1.29 is 0 Å². The average Bonchev–Trinajstić information content (AvgIpc) is 2.69. The number of thioether (sulfide) groups is 2. The van der Waals surface area contributed by atoms with Gasteiger partial charge in [-0.2, -0.15) is 0 Å². The summed E-state index contributed by atoms with van der Waals surface area (Å²) < 4.78 is 0. The molecule has 0 radical (unpaired) electrons. The van der Waals surface area contributed by atoms with Gasteiger partial charge in [0.25, 0.3) is 0 Å². The summed E-state index contributed by atoms with van der Waals surface area (Å²) in [7, 11) is 0. The molecule has 0 saturated carbocycles. The molecule has 0 aliphatic heterocycles. The highest BCUT2D eigenvalue weighted by Crippen LogP contribution is 2.32. The summed E-state index contributed by atoms with van der Waals surface area (Å²) in [5.41, 5.74) is 0.977. The van der Waals surface area contributed by atoms with Gasteiger partial charge < -0.3 is 5.32 Å². The van der Waals surface area contributed by atoms with Crippen LogP contribution in [-0.2, 0) is 0 Å². The van der Waals surface area contributed by atoms with Crippen LogP contribution < -0.4 is 5.32 Å². The first kappa shape index (κ1) is 25.7. The number of thiocarbonyl (C=S) groups is 1. The Morgan fingerprint density at radius 2 is 1.36 bits per heavy atom. The number of hydrogen-bond acceptors (Lipinski definition) is 5. The van der Waals surface area contributed by atoms with Crippen LogP contribution in [0.3, 0.4) is 0 Å². The number of nitrogens with one attached hydrogen (secondary N) is 1. The van der Waals surface area contributed by atoms with Gasteiger partial charge in [-0.1, -0.05) is 90.3 Å². The molecule has 0 aromatic carbocycles. The van der Waals surface area contributed by atoms with Gasteiger partial charge in [0.1, 0.15) is 21.6 Å². The Bertz CT molecular complexity index is 553. The summed E-state index contributed by atoms with van der Waals surface area (Å²) in [4.78, 5) is 10.0. The molecule has 1 aromatic heterocycles. The maximum absolute atomic E-state index is 5.69. The summed E-state index contributed by atoms with van der Waals surface area (Å²) >= 11 is 8.97. The average molecular weight is 442 g/mol. The lowest BCUT2D eigenvalue weighted by Gasteiger charge is -2.18. The second kappa shape index (κ2) is 15.5. The van der Waals surface area contributed by atoms with Gasteiger partial charge >= 0.3 is 0 Å². The van der Waals surface area contributed by atoms with Crippen LogP contribution in [0.1, 0.15) is 90.3 Å². The van der Waals surface area contributed by atoms with Gasteiger partial charge in [0.05, 0.1) is 4.99 Å². The van der Waals surface area contributed by atoms with Crippen LogP contribution in [0, 0.1) is 12.8 Å². The minimum absolute atomic E-state index is 0.384. The molecular weight excluding hydrogens is 402 g/mol. The summed E-state index contributed by atoms with van der Waals surface area (Å²) in [6, 6.07) is 0. The van der Waals surface area contributed by atoms with Crippen molar-refractivity contribution in [2.24, 2.45) is 5.92 Å². The smallest absolute Gasteiger partial charge is 0.128 e. The first-order chi connectivity index (χ1) is 13.5. The van der Waals surface area contributed by atoms with E-state index in [-0.39, 0.29) is 0 Å². The predicted molar refractivity (Wildman–Crippen MR) is 132 cm³/mol. The van der Waals surface area contributed by atoms with E-state index in [4.69, 9.17) is 12.2 Å². The molecule has 0 saturated heterocycles. The van der Waals surface area contributed by atoms with Crippen LogP contribution >= 0.6 is 35.7 Å². The SMILES string of the molecule is CCCCCCCCCCCCC(C)C(=S)Nc1c(SC)nc(C)nc1SC. The van der Waals surface area contributed by atoms with Gasteiger partial charge in [-0.25, -0.2) is 9.97 Å². The summed E-state index contributed by atoms with van der Waals surface area (Å²) in [6.07, 6.45) is 19.0. The molecule has 0 spiro atoms. The van der Waals surface area contributed by atoms with Crippen LogP contribution in [0.2, 0.25) is 0 Å². The van der Waals surface area contributed by atoms with E-state index in [1.54, 1.807) is 23.5 Å². The zero-order chi connectivity index (χ0) is 20.8. The number of unbranched alkanes of at least 4 members (excludes halogenated alkanes) is 9. The lowest BCUT2D eigenvalue weighted by atomic mass is 10.0. The van der Waals surface area contributed by atoms with Crippen LogP contribution in [0.4, 0.5) is 5.69 Å². The maximum atomic E-state index is 5.69. The minimum Gasteiger partial charge on any atom is -0.345 e. The molecule has 3 nitrogen and oxygen atoms in total. The molecule has 0 aliphatic carbocycles. The Labute approximate surface area is 187 Å². The zero-order valence-electron chi connectivity index (χ0n) is 18.5. The fourth-order valence-corrected chi connectivity index (χ4v) is 4.67. The lowest BCUT2D eigenvalue weighted by molar-refractivity contribution is 0.535. The summed E-state index contributed by atoms with van der Waals surface area (Å²) in [5, 5.41) is 5.41. The van der Waals surface area contributed by atoms with Crippen molar-refractivity contribution in [1.82, 2.24) is 9.97 Å². The largest absolute Gasteiger partial charge is 0.345 e. The van der Waals surface area contributed by atoms with E-state index >= 15 is 0 Å². The predicted octanol–water partition coefficient (Wildman–Crippen LogP) is 7.92. The van der Waals surface area contributed by atoms with E-state index in [2.05, 4.69) is 29.1 Å². The molecule has 6 heteroatoms. The molecule has 1 aromatic rings. The van der Waals surface area contributed by atoms with Crippen molar-refractivity contribution in [2.75, 3.05) is 17.8 Å². The Balaban J connectivity index is 2.31. The molecule has 0 aliphatic rings. The molecule has 0 amide bonds. The normalized spacial score (nSPS) is 12.2. The number of aryl methyl sites for hydroxylation is 1. The fourth-order valence-electron chi connectivity index (χ4n) is 3.24. The zero-order valence-corrected chi connectivity index (χ0v) is 20.9. The third-order valence-corrected chi connectivity index (χ3v) is 6.90. The van der Waals surface area contributed by atoms with E-state index in [9.17, 15) is 0 Å². The molecule has 0 fully saturated rings. The van der Waals surface area contributed by atoms with Crippen LogP contribution in [0.25, 0.3) is 0 Å². The molecule has 1 N–H and O–H groups in total. The highest BCUT2D eigenvalue weighted by atomic mass is 32.2. The molecule has 0 bridgehead atoms. The molecule has 160 valence electrons. The monoisotopic (exact) mass is 441 g/mol. The second-order valence-corrected chi connectivity index (χ2v) is 9.56. The van der Waals surface area contributed by atoms with E-state index in [0.29, 0.717) is 5.92 Å². The first-order valence-corrected chi connectivity index (χ1v) is 13.7. The lowest BCUT2D eigenvalue weighted by Crippen LogP contribution is -2.20. The Hall–Kier alpha value is -0.330. The third kappa shape index (κ3) is 9.93. The molecule has 1 heterocycles. The van der Waals surface area contributed by atoms with Crippen LogP contribution in [0.15, 0.2) is 10.1 Å². The van der Waals surface area contributed by atoms with Crippen molar-refractivity contribution in [3.05, 3.63) is 5.82 Å².